The third-order valence-electron chi connectivity index (χ3n) is 5.48. The number of methoxy groups -OCH3 is 1. The predicted molar refractivity (Wildman–Crippen MR) is 161 cm³/mol. The van der Waals surface area contributed by atoms with E-state index in [2.05, 4.69) is 4.98 Å². The fourth-order valence-electron chi connectivity index (χ4n) is 3.69. The van der Waals surface area contributed by atoms with Crippen LogP contribution in [0.1, 0.15) is 57.6 Å². The molecular formula is C28H33F2N5O8S2. The summed E-state index contributed by atoms with van der Waals surface area (Å²) in [5.74, 6) is -3.57. The molecule has 3 amide bonds. The van der Waals surface area contributed by atoms with Gasteiger partial charge in [-0.05, 0) is 71.4 Å². The third-order valence-corrected chi connectivity index (χ3v) is 8.16. The zero-order chi connectivity index (χ0) is 33.9. The Labute approximate surface area is 262 Å². The molecule has 1 aromatic heterocycles. The van der Waals surface area contributed by atoms with Gasteiger partial charge in [0, 0.05) is 0 Å². The third kappa shape index (κ3) is 8.78. The van der Waals surface area contributed by atoms with Crippen LogP contribution in [0.5, 0.6) is 5.75 Å². The number of hydrazine groups is 1. The number of sulfonamides is 1. The molecule has 244 valence electrons. The quantitative estimate of drug-likeness (QED) is 0.245. The van der Waals surface area contributed by atoms with Gasteiger partial charge in [0.2, 0.25) is 0 Å². The molecule has 0 fully saturated rings. The van der Waals surface area contributed by atoms with Crippen LogP contribution in [0.4, 0.5) is 29.1 Å². The van der Waals surface area contributed by atoms with Crippen molar-refractivity contribution in [2.75, 3.05) is 16.4 Å². The lowest BCUT2D eigenvalue weighted by Crippen LogP contribution is -2.51. The van der Waals surface area contributed by atoms with Gasteiger partial charge in [-0.15, -0.1) is 11.3 Å². The minimum atomic E-state index is -4.85. The van der Waals surface area contributed by atoms with Gasteiger partial charge >= 0.3 is 18.1 Å². The van der Waals surface area contributed by atoms with Crippen molar-refractivity contribution in [3.05, 3.63) is 64.8 Å². The van der Waals surface area contributed by atoms with Crippen molar-refractivity contribution in [2.45, 2.75) is 64.2 Å². The number of amides is 3. The average Bonchev–Trinajstić information content (AvgIpc) is 3.38. The van der Waals surface area contributed by atoms with E-state index >= 15 is 8.78 Å². The molecule has 0 atom stereocenters. The Kier molecular flexibility index (Phi) is 10.3. The van der Waals surface area contributed by atoms with E-state index in [9.17, 15) is 22.8 Å². The van der Waals surface area contributed by atoms with Crippen LogP contribution in [0.3, 0.4) is 0 Å². The summed E-state index contributed by atoms with van der Waals surface area (Å²) in [4.78, 5) is 40.4. The summed E-state index contributed by atoms with van der Waals surface area (Å²) >= 11 is 0.784. The maximum atomic E-state index is 15.5. The van der Waals surface area contributed by atoms with Crippen molar-refractivity contribution in [1.82, 2.24) is 10.4 Å². The first-order valence-electron chi connectivity index (χ1n) is 13.1. The van der Waals surface area contributed by atoms with Gasteiger partial charge in [-0.3, -0.25) is 4.31 Å². The molecule has 0 unspecified atom stereocenters. The zero-order valence-electron chi connectivity index (χ0n) is 25.5. The largest absolute Gasteiger partial charge is 0.497 e. The molecule has 0 spiro atoms. The van der Waals surface area contributed by atoms with Gasteiger partial charge in [0.1, 0.15) is 27.6 Å². The molecule has 45 heavy (non-hydrogen) atoms. The Morgan fingerprint density at radius 3 is 2.02 bits per heavy atom. The van der Waals surface area contributed by atoms with E-state index in [-0.39, 0.29) is 15.7 Å². The summed E-state index contributed by atoms with van der Waals surface area (Å²) < 4.78 is 75.4. The number of carbonyl (C=O) groups is 3. The second-order valence-corrected chi connectivity index (χ2v) is 14.1. The highest BCUT2D eigenvalue weighted by Gasteiger charge is 2.35. The number of nitrogens with zero attached hydrogens (tertiary/aromatic N) is 3. The van der Waals surface area contributed by atoms with E-state index < -0.39 is 68.1 Å². The number of rotatable bonds is 8. The number of primary amides is 1. The van der Waals surface area contributed by atoms with Gasteiger partial charge in [0.15, 0.2) is 17.3 Å². The maximum Gasteiger partial charge on any atom is 0.427 e. The van der Waals surface area contributed by atoms with Crippen LogP contribution < -0.4 is 25.2 Å². The van der Waals surface area contributed by atoms with Crippen molar-refractivity contribution >= 4 is 50.1 Å². The first-order chi connectivity index (χ1) is 20.7. The second kappa shape index (κ2) is 13.2. The Hall–Kier alpha value is -4.51. The maximum absolute atomic E-state index is 15.5. The van der Waals surface area contributed by atoms with E-state index in [0.29, 0.717) is 23.4 Å². The Balaban J connectivity index is 2.13. The molecular weight excluding hydrogens is 636 g/mol. The summed E-state index contributed by atoms with van der Waals surface area (Å²) in [5.41, 5.74) is 5.25. The monoisotopic (exact) mass is 669 g/mol. The standard InChI is InChI=1S/C28H33F2N5O8S2/c1-27(2,3)42-24(36)21-23(44-15-32-21)34(14-16-8-10-17(41-7)11-9-16)45(39,40)18-12-19(29)22(20(30)13-18)35(25(31)37)33-26(38)43-28(4,5)6/h8-13,15H,14H2,1-7H3,(H2,31,37)(H,33,38). The number of anilines is 2. The van der Waals surface area contributed by atoms with Crippen molar-refractivity contribution in [3.8, 4) is 5.75 Å². The number of esters is 1. The van der Waals surface area contributed by atoms with E-state index in [1.54, 1.807) is 45.0 Å². The molecule has 3 N–H and O–H groups in total. The Morgan fingerprint density at radius 1 is 0.978 bits per heavy atom. The number of hydrogen-bond donors (Lipinski definition) is 2. The lowest BCUT2D eigenvalue weighted by molar-refractivity contribution is 0.00642. The van der Waals surface area contributed by atoms with Gasteiger partial charge in [-0.2, -0.15) is 5.01 Å². The molecule has 1 heterocycles. The van der Waals surface area contributed by atoms with Crippen LogP contribution >= 0.6 is 11.3 Å². The molecule has 17 heteroatoms. The predicted octanol–water partition coefficient (Wildman–Crippen LogP) is 5.11. The van der Waals surface area contributed by atoms with Crippen LogP contribution in [-0.2, 0) is 26.0 Å². The normalized spacial score (nSPS) is 11.8. The number of thiazole rings is 1. The fourth-order valence-corrected chi connectivity index (χ4v) is 6.19. The van der Waals surface area contributed by atoms with Crippen LogP contribution in [0.2, 0.25) is 0 Å². The van der Waals surface area contributed by atoms with Gasteiger partial charge in [-0.1, -0.05) is 12.1 Å². The summed E-state index contributed by atoms with van der Waals surface area (Å²) in [5, 5.41) is -0.135. The molecule has 13 nitrogen and oxygen atoms in total. The molecule has 0 bridgehead atoms. The summed E-state index contributed by atoms with van der Waals surface area (Å²) in [7, 11) is -3.40. The van der Waals surface area contributed by atoms with Crippen molar-refractivity contribution in [3.63, 3.8) is 0 Å². The summed E-state index contributed by atoms with van der Waals surface area (Å²) in [6, 6.07) is 5.66. The molecule has 2 aromatic carbocycles. The van der Waals surface area contributed by atoms with E-state index in [0.717, 1.165) is 15.6 Å². The van der Waals surface area contributed by atoms with Gasteiger partial charge < -0.3 is 19.9 Å². The number of nitrogens with one attached hydrogen (secondary N) is 1. The first-order valence-corrected chi connectivity index (χ1v) is 15.5. The number of hydrogen-bond acceptors (Lipinski definition) is 10. The van der Waals surface area contributed by atoms with Crippen molar-refractivity contribution < 1.29 is 45.8 Å². The number of ether oxygens (including phenoxy) is 3. The molecule has 0 saturated heterocycles. The highest BCUT2D eigenvalue weighted by Crippen LogP contribution is 2.35. The van der Waals surface area contributed by atoms with E-state index in [1.807, 2.05) is 5.43 Å². The molecule has 3 rings (SSSR count). The smallest absolute Gasteiger partial charge is 0.427 e. The Bertz CT molecular complexity index is 1660. The number of aromatic nitrogens is 1. The number of carbonyl (C=O) groups excluding carboxylic acids is 3. The molecule has 0 saturated carbocycles. The van der Waals surface area contributed by atoms with Crippen LogP contribution in [0.25, 0.3) is 0 Å². The average molecular weight is 670 g/mol. The lowest BCUT2D eigenvalue weighted by atomic mass is 10.2. The fraction of sp³-hybridized carbons (Fsp3) is 0.357. The molecule has 0 radical (unpaired) electrons. The minimum absolute atomic E-state index is 0.0497. The van der Waals surface area contributed by atoms with Crippen molar-refractivity contribution in [2.24, 2.45) is 5.73 Å². The minimum Gasteiger partial charge on any atom is -0.497 e. The van der Waals surface area contributed by atoms with Crippen LogP contribution in [0, 0.1) is 11.6 Å². The number of halogens is 2. The molecule has 3 aromatic rings. The summed E-state index contributed by atoms with van der Waals surface area (Å²) in [6.45, 7) is 8.98. The highest BCUT2D eigenvalue weighted by atomic mass is 32.2. The number of benzene rings is 2. The highest BCUT2D eigenvalue weighted by molar-refractivity contribution is 7.93. The molecule has 0 aliphatic carbocycles. The number of urea groups is 1. The number of nitrogens with two attached hydrogens (primary N) is 1. The SMILES string of the molecule is COc1ccc(CN(c2scnc2C(=O)OC(C)(C)C)S(=O)(=O)c2cc(F)c(N(NC(=O)OC(C)(C)C)C(N)=O)c(F)c2)cc1. The van der Waals surface area contributed by atoms with Gasteiger partial charge in [0.05, 0.1) is 24.1 Å². The van der Waals surface area contributed by atoms with Crippen LogP contribution in [0.15, 0.2) is 46.8 Å². The zero-order valence-corrected chi connectivity index (χ0v) is 27.1. The second-order valence-electron chi connectivity index (χ2n) is 11.4. The van der Waals surface area contributed by atoms with Gasteiger partial charge in [0.25, 0.3) is 10.0 Å². The molecule has 0 aliphatic heterocycles. The van der Waals surface area contributed by atoms with Crippen LogP contribution in [-0.4, -0.2) is 49.8 Å². The van der Waals surface area contributed by atoms with Gasteiger partial charge in [-0.25, -0.2) is 42.0 Å². The van der Waals surface area contributed by atoms with E-state index in [1.165, 1.54) is 33.4 Å². The van der Waals surface area contributed by atoms with Crippen molar-refractivity contribution in [1.29, 1.82) is 0 Å². The Morgan fingerprint density at radius 2 is 1.53 bits per heavy atom. The first kappa shape index (κ1) is 35.0. The summed E-state index contributed by atoms with van der Waals surface area (Å²) in [6.07, 6.45) is -1.26. The topological polar surface area (TPSA) is 170 Å². The molecule has 0 aliphatic rings. The lowest BCUT2D eigenvalue weighted by Gasteiger charge is -2.27. The van der Waals surface area contributed by atoms with E-state index in [4.69, 9.17) is 19.9 Å².